The summed E-state index contributed by atoms with van der Waals surface area (Å²) in [6.07, 6.45) is 9.43. The Balaban J connectivity index is 1.66. The van der Waals surface area contributed by atoms with Gasteiger partial charge in [-0.25, -0.2) is 14.4 Å². The molecule has 1 aliphatic rings. The highest BCUT2D eigenvalue weighted by molar-refractivity contribution is 5.33. The minimum absolute atomic E-state index is 0.196. The van der Waals surface area contributed by atoms with Gasteiger partial charge in [-0.1, -0.05) is 26.0 Å². The Hall–Kier alpha value is -2.60. The van der Waals surface area contributed by atoms with E-state index in [0.29, 0.717) is 5.92 Å². The number of halogens is 1. The second kappa shape index (κ2) is 7.56. The molecule has 3 heterocycles. The third kappa shape index (κ3) is 3.62. The topological polar surface area (TPSA) is 46.8 Å². The number of rotatable bonds is 5. The second-order valence-corrected chi connectivity index (χ2v) is 7.33. The molecule has 1 fully saturated rings. The molecule has 0 amide bonds. The van der Waals surface area contributed by atoms with Gasteiger partial charge in [-0.15, -0.1) is 0 Å². The van der Waals surface area contributed by atoms with Crippen molar-refractivity contribution in [2.75, 3.05) is 6.54 Å². The van der Waals surface area contributed by atoms with Crippen molar-refractivity contribution in [2.24, 2.45) is 0 Å². The van der Waals surface area contributed by atoms with Gasteiger partial charge in [-0.05, 0) is 37.1 Å². The lowest BCUT2D eigenvalue weighted by atomic mass is 10.1. The number of hydrogen-bond acceptors (Lipinski definition) is 4. The van der Waals surface area contributed by atoms with Gasteiger partial charge in [-0.3, -0.25) is 14.5 Å². The van der Waals surface area contributed by atoms with Gasteiger partial charge in [0.25, 0.3) is 0 Å². The summed E-state index contributed by atoms with van der Waals surface area (Å²) in [6.45, 7) is 6.04. The fraction of sp³-hybridized carbons (Fsp3) is 0.381. The van der Waals surface area contributed by atoms with E-state index in [-0.39, 0.29) is 11.9 Å². The molecule has 4 rings (SSSR count). The average molecular weight is 365 g/mol. The molecule has 1 saturated heterocycles. The normalized spacial score (nSPS) is 17.7. The predicted octanol–water partition coefficient (Wildman–Crippen LogP) is 4.26. The molecule has 0 bridgehead atoms. The minimum Gasteiger partial charge on any atom is -0.290 e. The zero-order valence-electron chi connectivity index (χ0n) is 15.7. The molecule has 1 aromatic carbocycles. The van der Waals surface area contributed by atoms with E-state index in [1.807, 2.05) is 24.5 Å². The average Bonchev–Trinajstić information content (AvgIpc) is 3.33. The fourth-order valence-corrected chi connectivity index (χ4v) is 3.83. The summed E-state index contributed by atoms with van der Waals surface area (Å²) >= 11 is 0. The van der Waals surface area contributed by atoms with Gasteiger partial charge < -0.3 is 0 Å². The van der Waals surface area contributed by atoms with Crippen LogP contribution in [-0.4, -0.2) is 31.0 Å². The minimum atomic E-state index is -0.200. The Labute approximate surface area is 158 Å². The van der Waals surface area contributed by atoms with Gasteiger partial charge in [0.05, 0.1) is 6.04 Å². The Morgan fingerprint density at radius 1 is 1.07 bits per heavy atom. The maximum absolute atomic E-state index is 13.2. The maximum Gasteiger partial charge on any atom is 0.161 e. The van der Waals surface area contributed by atoms with Crippen molar-refractivity contribution in [3.63, 3.8) is 0 Å². The zero-order chi connectivity index (χ0) is 18.8. The first-order chi connectivity index (χ1) is 13.1. The van der Waals surface area contributed by atoms with Crippen LogP contribution < -0.4 is 0 Å². The van der Waals surface area contributed by atoms with Crippen molar-refractivity contribution in [1.82, 2.24) is 24.4 Å². The number of nitrogens with zero attached hydrogens (tertiary/aromatic N) is 5. The molecule has 1 atom stereocenters. The van der Waals surface area contributed by atoms with Gasteiger partial charge in [0.15, 0.2) is 5.82 Å². The lowest BCUT2D eigenvalue weighted by molar-refractivity contribution is 0.243. The predicted molar refractivity (Wildman–Crippen MR) is 102 cm³/mol. The van der Waals surface area contributed by atoms with Crippen LogP contribution in [-0.2, 0) is 6.54 Å². The Kier molecular flexibility index (Phi) is 4.99. The van der Waals surface area contributed by atoms with Crippen LogP contribution >= 0.6 is 0 Å². The first kappa shape index (κ1) is 17.8. The summed E-state index contributed by atoms with van der Waals surface area (Å²) in [6, 6.07) is 6.95. The molecule has 0 radical (unpaired) electrons. The molecule has 5 nitrogen and oxygen atoms in total. The van der Waals surface area contributed by atoms with E-state index >= 15 is 0 Å². The van der Waals surface area contributed by atoms with E-state index in [4.69, 9.17) is 4.98 Å². The second-order valence-electron chi connectivity index (χ2n) is 7.33. The molecule has 1 aliphatic heterocycles. The molecule has 3 aromatic rings. The third-order valence-electron chi connectivity index (χ3n) is 5.10. The van der Waals surface area contributed by atoms with E-state index in [9.17, 15) is 4.39 Å². The van der Waals surface area contributed by atoms with Gasteiger partial charge in [0.1, 0.15) is 17.3 Å². The van der Waals surface area contributed by atoms with E-state index < -0.39 is 0 Å². The fourth-order valence-electron chi connectivity index (χ4n) is 3.83. The monoisotopic (exact) mass is 365 g/mol. The zero-order valence-corrected chi connectivity index (χ0v) is 15.7. The van der Waals surface area contributed by atoms with Gasteiger partial charge in [-0.2, -0.15) is 0 Å². The van der Waals surface area contributed by atoms with Crippen LogP contribution in [0.4, 0.5) is 4.39 Å². The largest absolute Gasteiger partial charge is 0.290 e. The standard InChI is InChI=1S/C21H24FN5/c1-15(2)20-25-11-13-27(20)21-19(23-9-10-24-21)18-4-3-12-26(18)14-16-5-7-17(22)8-6-16/h5-11,13,15,18H,3-4,12,14H2,1-2H3. The van der Waals surface area contributed by atoms with Crippen molar-refractivity contribution < 1.29 is 4.39 Å². The SMILES string of the molecule is CC(C)c1nccn1-c1nccnc1C1CCCN1Cc1ccc(F)cc1. The quantitative estimate of drug-likeness (QED) is 0.678. The molecule has 0 aliphatic carbocycles. The number of hydrogen-bond donors (Lipinski definition) is 0. The molecular weight excluding hydrogens is 341 g/mol. The van der Waals surface area contributed by atoms with Crippen molar-refractivity contribution in [3.05, 3.63) is 72.0 Å². The summed E-state index contributed by atoms with van der Waals surface area (Å²) in [4.78, 5) is 16.3. The number of likely N-dealkylation sites (tertiary alicyclic amines) is 1. The Morgan fingerprint density at radius 3 is 2.63 bits per heavy atom. The highest BCUT2D eigenvalue weighted by Crippen LogP contribution is 2.35. The molecule has 140 valence electrons. The van der Waals surface area contributed by atoms with Crippen molar-refractivity contribution in [1.29, 1.82) is 0 Å². The van der Waals surface area contributed by atoms with Crippen LogP contribution in [0.3, 0.4) is 0 Å². The molecule has 1 unspecified atom stereocenters. The molecule has 0 saturated carbocycles. The molecular formula is C21H24FN5. The molecule has 0 N–H and O–H groups in total. The smallest absolute Gasteiger partial charge is 0.161 e. The van der Waals surface area contributed by atoms with E-state index in [0.717, 1.165) is 48.8 Å². The van der Waals surface area contributed by atoms with Crippen LogP contribution in [0.2, 0.25) is 0 Å². The number of aromatic nitrogens is 4. The van der Waals surface area contributed by atoms with Crippen LogP contribution in [0.5, 0.6) is 0 Å². The lowest BCUT2D eigenvalue weighted by Gasteiger charge is -2.25. The molecule has 2 aromatic heterocycles. The van der Waals surface area contributed by atoms with Crippen LogP contribution in [0.25, 0.3) is 5.82 Å². The number of imidazole rings is 1. The summed E-state index contributed by atoms with van der Waals surface area (Å²) in [5.74, 6) is 1.94. The summed E-state index contributed by atoms with van der Waals surface area (Å²) in [7, 11) is 0. The van der Waals surface area contributed by atoms with Gasteiger partial charge in [0, 0.05) is 37.3 Å². The summed E-state index contributed by atoms with van der Waals surface area (Å²) in [5.41, 5.74) is 2.09. The lowest BCUT2D eigenvalue weighted by Crippen LogP contribution is -2.25. The van der Waals surface area contributed by atoms with Crippen LogP contribution in [0.1, 0.15) is 55.7 Å². The van der Waals surface area contributed by atoms with Crippen LogP contribution in [0.15, 0.2) is 49.1 Å². The van der Waals surface area contributed by atoms with Crippen LogP contribution in [0, 0.1) is 5.82 Å². The number of benzene rings is 1. The maximum atomic E-state index is 13.2. The highest BCUT2D eigenvalue weighted by atomic mass is 19.1. The van der Waals surface area contributed by atoms with E-state index in [2.05, 4.69) is 33.3 Å². The summed E-state index contributed by atoms with van der Waals surface area (Å²) in [5, 5.41) is 0. The van der Waals surface area contributed by atoms with Crippen molar-refractivity contribution in [3.8, 4) is 5.82 Å². The highest BCUT2D eigenvalue weighted by Gasteiger charge is 2.30. The van der Waals surface area contributed by atoms with Crippen molar-refractivity contribution in [2.45, 2.75) is 45.2 Å². The Bertz CT molecular complexity index is 903. The van der Waals surface area contributed by atoms with Gasteiger partial charge >= 0.3 is 0 Å². The first-order valence-electron chi connectivity index (χ1n) is 9.46. The molecule has 0 spiro atoms. The molecule has 6 heteroatoms. The Morgan fingerprint density at radius 2 is 1.85 bits per heavy atom. The van der Waals surface area contributed by atoms with Gasteiger partial charge in [0.2, 0.25) is 0 Å². The molecule has 27 heavy (non-hydrogen) atoms. The third-order valence-corrected chi connectivity index (χ3v) is 5.10. The van der Waals surface area contributed by atoms with Crippen molar-refractivity contribution >= 4 is 0 Å². The summed E-state index contributed by atoms with van der Waals surface area (Å²) < 4.78 is 15.3. The first-order valence-corrected chi connectivity index (χ1v) is 9.46. The van der Waals surface area contributed by atoms with E-state index in [1.165, 1.54) is 12.1 Å². The van der Waals surface area contributed by atoms with E-state index in [1.54, 1.807) is 12.4 Å².